The van der Waals surface area contributed by atoms with Gasteiger partial charge >= 0.3 is 0 Å². The number of hydrogen-bond acceptors (Lipinski definition) is 5. The zero-order valence-corrected chi connectivity index (χ0v) is 12.1. The molecule has 2 heterocycles. The molecule has 106 valence electrons. The van der Waals surface area contributed by atoms with E-state index >= 15 is 0 Å². The van der Waals surface area contributed by atoms with Crippen molar-refractivity contribution in [3.63, 3.8) is 0 Å². The fourth-order valence-electron chi connectivity index (χ4n) is 2.49. The third-order valence-corrected chi connectivity index (χ3v) is 3.71. The van der Waals surface area contributed by atoms with Gasteiger partial charge in [-0.3, -0.25) is 0 Å². The first-order valence-corrected chi connectivity index (χ1v) is 7.19. The Hall–Kier alpha value is -1.36. The molecule has 0 spiro atoms. The highest BCUT2D eigenvalue weighted by Crippen LogP contribution is 2.24. The summed E-state index contributed by atoms with van der Waals surface area (Å²) in [5, 5.41) is 6.75. The number of nitrogens with one attached hydrogen (secondary N) is 2. The number of ether oxygens (including phenoxy) is 1. The van der Waals surface area contributed by atoms with Gasteiger partial charge in [0.05, 0.1) is 6.10 Å². The van der Waals surface area contributed by atoms with Crippen LogP contribution in [0.4, 0.5) is 11.6 Å². The number of anilines is 2. The molecule has 0 aromatic carbocycles. The fraction of sp³-hybridized carbons (Fsp3) is 0.714. The first kappa shape index (κ1) is 14.1. The van der Waals surface area contributed by atoms with Crippen LogP contribution in [0.15, 0.2) is 6.33 Å². The summed E-state index contributed by atoms with van der Waals surface area (Å²) in [6.07, 6.45) is 4.00. The van der Waals surface area contributed by atoms with Crippen LogP contribution in [0.25, 0.3) is 0 Å². The van der Waals surface area contributed by atoms with Crippen LogP contribution in [0.1, 0.15) is 32.8 Å². The molecule has 0 bridgehead atoms. The van der Waals surface area contributed by atoms with Gasteiger partial charge in [0.15, 0.2) is 0 Å². The zero-order valence-electron chi connectivity index (χ0n) is 12.1. The monoisotopic (exact) mass is 264 g/mol. The molecule has 2 unspecified atom stereocenters. The van der Waals surface area contributed by atoms with E-state index in [2.05, 4.69) is 41.4 Å². The van der Waals surface area contributed by atoms with Crippen molar-refractivity contribution in [3.8, 4) is 0 Å². The van der Waals surface area contributed by atoms with Gasteiger partial charge in [-0.25, -0.2) is 9.97 Å². The number of rotatable bonds is 6. The molecule has 1 aromatic heterocycles. The lowest BCUT2D eigenvalue weighted by Gasteiger charge is -2.18. The molecule has 0 aliphatic carbocycles. The Morgan fingerprint density at radius 3 is 2.58 bits per heavy atom. The lowest BCUT2D eigenvalue weighted by Crippen LogP contribution is -2.22. The number of nitrogens with zero attached hydrogens (tertiary/aromatic N) is 2. The fourth-order valence-corrected chi connectivity index (χ4v) is 2.49. The Bertz CT molecular complexity index is 410. The molecule has 5 nitrogen and oxygen atoms in total. The first-order chi connectivity index (χ1) is 9.26. The summed E-state index contributed by atoms with van der Waals surface area (Å²) in [5.41, 5.74) is 1.16. The van der Waals surface area contributed by atoms with E-state index in [1.54, 1.807) is 6.33 Å². The molecule has 1 saturated heterocycles. The maximum absolute atomic E-state index is 5.59. The second kappa shape index (κ2) is 6.70. The van der Waals surface area contributed by atoms with Crippen LogP contribution in [0.3, 0.4) is 0 Å². The largest absolute Gasteiger partial charge is 0.378 e. The molecular formula is C14H24N4O. The molecule has 1 aliphatic rings. The average Bonchev–Trinajstić information content (AvgIpc) is 2.82. The second-order valence-corrected chi connectivity index (χ2v) is 4.94. The van der Waals surface area contributed by atoms with Gasteiger partial charge in [0.2, 0.25) is 0 Å². The van der Waals surface area contributed by atoms with Crippen molar-refractivity contribution in [2.45, 2.75) is 39.7 Å². The van der Waals surface area contributed by atoms with E-state index in [0.29, 0.717) is 12.0 Å². The van der Waals surface area contributed by atoms with Crippen LogP contribution >= 0.6 is 0 Å². The van der Waals surface area contributed by atoms with E-state index in [1.165, 1.54) is 0 Å². The summed E-state index contributed by atoms with van der Waals surface area (Å²) < 4.78 is 5.59. The highest BCUT2D eigenvalue weighted by atomic mass is 16.5. The summed E-state index contributed by atoms with van der Waals surface area (Å²) in [4.78, 5) is 8.68. The maximum atomic E-state index is 5.59. The van der Waals surface area contributed by atoms with Gasteiger partial charge in [-0.15, -0.1) is 0 Å². The third-order valence-electron chi connectivity index (χ3n) is 3.71. The molecule has 1 fully saturated rings. The van der Waals surface area contributed by atoms with Crippen LogP contribution < -0.4 is 10.6 Å². The lowest BCUT2D eigenvalue weighted by molar-refractivity contribution is 0.108. The minimum atomic E-state index is 0.340. The van der Waals surface area contributed by atoms with Crippen molar-refractivity contribution in [3.05, 3.63) is 11.9 Å². The van der Waals surface area contributed by atoms with Gasteiger partial charge in [-0.05, 0) is 26.7 Å². The van der Waals surface area contributed by atoms with Crippen LogP contribution in [0.5, 0.6) is 0 Å². The third kappa shape index (κ3) is 3.35. The molecular weight excluding hydrogens is 240 g/mol. The molecule has 1 aromatic rings. The van der Waals surface area contributed by atoms with Crippen molar-refractivity contribution < 1.29 is 4.74 Å². The van der Waals surface area contributed by atoms with Gasteiger partial charge in [-0.2, -0.15) is 0 Å². The van der Waals surface area contributed by atoms with Gasteiger partial charge in [0.1, 0.15) is 18.0 Å². The topological polar surface area (TPSA) is 59.1 Å². The Kier molecular flexibility index (Phi) is 4.96. The smallest absolute Gasteiger partial charge is 0.134 e. The maximum Gasteiger partial charge on any atom is 0.134 e. The average molecular weight is 264 g/mol. The summed E-state index contributed by atoms with van der Waals surface area (Å²) >= 11 is 0. The minimum Gasteiger partial charge on any atom is -0.378 e. The molecule has 2 atom stereocenters. The van der Waals surface area contributed by atoms with Crippen molar-refractivity contribution in [1.29, 1.82) is 0 Å². The van der Waals surface area contributed by atoms with Crippen LogP contribution in [0, 0.1) is 5.92 Å². The Morgan fingerprint density at radius 1 is 1.26 bits per heavy atom. The summed E-state index contributed by atoms with van der Waals surface area (Å²) in [6, 6.07) is 0. The van der Waals surface area contributed by atoms with Crippen LogP contribution in [-0.2, 0) is 11.2 Å². The van der Waals surface area contributed by atoms with Crippen molar-refractivity contribution >= 4 is 11.6 Å². The van der Waals surface area contributed by atoms with Gasteiger partial charge in [0, 0.05) is 31.2 Å². The van der Waals surface area contributed by atoms with E-state index in [-0.39, 0.29) is 0 Å². The highest BCUT2D eigenvalue weighted by Gasteiger charge is 2.24. The molecule has 1 aliphatic heterocycles. The molecule has 0 radical (unpaired) electrons. The van der Waals surface area contributed by atoms with Crippen LogP contribution in [-0.4, -0.2) is 35.8 Å². The molecule has 0 saturated carbocycles. The van der Waals surface area contributed by atoms with E-state index < -0.39 is 0 Å². The zero-order chi connectivity index (χ0) is 13.7. The predicted molar refractivity (Wildman–Crippen MR) is 77.6 cm³/mol. The van der Waals surface area contributed by atoms with Crippen LogP contribution in [0.2, 0.25) is 0 Å². The predicted octanol–water partition coefficient (Wildman–Crippen LogP) is 2.31. The van der Waals surface area contributed by atoms with E-state index in [1.807, 2.05) is 0 Å². The Labute approximate surface area is 115 Å². The normalized spacial score (nSPS) is 22.5. The van der Waals surface area contributed by atoms with Crippen molar-refractivity contribution in [2.24, 2.45) is 5.92 Å². The number of aromatic nitrogens is 2. The summed E-state index contributed by atoms with van der Waals surface area (Å²) in [6.45, 7) is 9.01. The second-order valence-electron chi connectivity index (χ2n) is 4.94. The van der Waals surface area contributed by atoms with Gasteiger partial charge < -0.3 is 15.4 Å². The molecule has 19 heavy (non-hydrogen) atoms. The molecule has 2 N–H and O–H groups in total. The lowest BCUT2D eigenvalue weighted by atomic mass is 10.0. The molecule has 5 heteroatoms. The van der Waals surface area contributed by atoms with E-state index in [4.69, 9.17) is 4.74 Å². The first-order valence-electron chi connectivity index (χ1n) is 7.19. The Morgan fingerprint density at radius 2 is 2.00 bits per heavy atom. The van der Waals surface area contributed by atoms with Crippen molar-refractivity contribution in [1.82, 2.24) is 9.97 Å². The van der Waals surface area contributed by atoms with Gasteiger partial charge in [-0.1, -0.05) is 6.92 Å². The van der Waals surface area contributed by atoms with Crippen molar-refractivity contribution in [2.75, 3.05) is 30.3 Å². The standard InChI is InChI=1S/C14H24N4O/c1-4-12-13(15-5-2)17-9-18-14(12)16-8-11-6-7-19-10(11)3/h9-11H,4-8H2,1-3H3,(H2,15,16,17,18). The molecule has 2 rings (SSSR count). The van der Waals surface area contributed by atoms with E-state index in [0.717, 1.165) is 49.7 Å². The quantitative estimate of drug-likeness (QED) is 0.825. The minimum absolute atomic E-state index is 0.340. The number of hydrogen-bond donors (Lipinski definition) is 2. The Balaban J connectivity index is 2.04. The summed E-state index contributed by atoms with van der Waals surface area (Å²) in [5.74, 6) is 2.47. The van der Waals surface area contributed by atoms with E-state index in [9.17, 15) is 0 Å². The summed E-state index contributed by atoms with van der Waals surface area (Å²) in [7, 11) is 0. The highest BCUT2D eigenvalue weighted by molar-refractivity contribution is 5.57. The SMILES string of the molecule is CCNc1ncnc(NCC2CCOC2C)c1CC. The molecule has 0 amide bonds. The van der Waals surface area contributed by atoms with Gasteiger partial charge in [0.25, 0.3) is 0 Å².